The summed E-state index contributed by atoms with van der Waals surface area (Å²) in [7, 11) is 0. The van der Waals surface area contributed by atoms with Gasteiger partial charge in [0.25, 0.3) is 0 Å². The summed E-state index contributed by atoms with van der Waals surface area (Å²) in [6.07, 6.45) is 3.63. The van der Waals surface area contributed by atoms with Crippen LogP contribution < -0.4 is 0 Å². The predicted molar refractivity (Wildman–Crippen MR) is 81.5 cm³/mol. The fourth-order valence-electron chi connectivity index (χ4n) is 3.02. The van der Waals surface area contributed by atoms with E-state index in [2.05, 4.69) is 17.1 Å². The van der Waals surface area contributed by atoms with Gasteiger partial charge in [-0.3, -0.25) is 9.78 Å². The molecule has 0 spiro atoms. The van der Waals surface area contributed by atoms with Crippen molar-refractivity contribution in [2.45, 2.75) is 18.8 Å². The molecule has 3 aromatic rings. The zero-order valence-corrected chi connectivity index (χ0v) is 11.7. The third kappa shape index (κ3) is 1.70. The van der Waals surface area contributed by atoms with E-state index in [0.717, 1.165) is 29.5 Å². The monoisotopic (exact) mass is 279 g/mol. The molecule has 0 saturated heterocycles. The third-order valence-corrected chi connectivity index (χ3v) is 4.98. The number of aryl methyl sites for hydroxylation is 1. The lowest BCUT2D eigenvalue weighted by molar-refractivity contribution is 0.0960. The number of nitrogens with zero attached hydrogens (tertiary/aromatic N) is 1. The highest BCUT2D eigenvalue weighted by atomic mass is 32.1. The van der Waals surface area contributed by atoms with Gasteiger partial charge < -0.3 is 0 Å². The molecular weight excluding hydrogens is 266 g/mol. The highest BCUT2D eigenvalue weighted by molar-refractivity contribution is 7.17. The van der Waals surface area contributed by atoms with Crippen molar-refractivity contribution in [2.24, 2.45) is 0 Å². The summed E-state index contributed by atoms with van der Waals surface area (Å²) in [4.78, 5) is 17.3. The molecule has 1 atom stereocenters. The van der Waals surface area contributed by atoms with Crippen LogP contribution in [0, 0.1) is 0 Å². The van der Waals surface area contributed by atoms with Crippen molar-refractivity contribution in [1.82, 2.24) is 4.98 Å². The molecule has 0 N–H and O–H groups in total. The number of aromatic nitrogens is 1. The minimum Gasteiger partial charge on any atom is -0.293 e. The number of benzene rings is 1. The molecule has 1 aromatic carbocycles. The van der Waals surface area contributed by atoms with Crippen LogP contribution in [0.2, 0.25) is 0 Å². The molecule has 0 radical (unpaired) electrons. The van der Waals surface area contributed by atoms with Crippen molar-refractivity contribution in [3.05, 3.63) is 64.8 Å². The normalized spacial score (nSPS) is 17.3. The first kappa shape index (κ1) is 11.8. The van der Waals surface area contributed by atoms with E-state index in [9.17, 15) is 4.79 Å². The second kappa shape index (κ2) is 4.53. The molecule has 1 aliphatic carbocycles. The first-order valence-corrected chi connectivity index (χ1v) is 7.67. The van der Waals surface area contributed by atoms with Crippen molar-refractivity contribution in [3.8, 4) is 0 Å². The molecule has 0 bridgehead atoms. The molecule has 98 valence electrons. The molecule has 0 saturated carbocycles. The Labute approximate surface area is 121 Å². The number of thiophene rings is 1. The summed E-state index contributed by atoms with van der Waals surface area (Å²) in [6, 6.07) is 12.1. The maximum absolute atomic E-state index is 12.9. The van der Waals surface area contributed by atoms with Crippen molar-refractivity contribution >= 4 is 27.2 Å². The van der Waals surface area contributed by atoms with Crippen LogP contribution in [0.1, 0.15) is 34.0 Å². The Bertz CT molecular complexity index is 805. The Morgan fingerprint density at radius 2 is 2.10 bits per heavy atom. The lowest BCUT2D eigenvalue weighted by Gasteiger charge is -2.08. The Kier molecular flexibility index (Phi) is 2.67. The first-order chi connectivity index (χ1) is 9.84. The van der Waals surface area contributed by atoms with Gasteiger partial charge >= 0.3 is 0 Å². The van der Waals surface area contributed by atoms with Gasteiger partial charge in [0.2, 0.25) is 0 Å². The van der Waals surface area contributed by atoms with Crippen molar-refractivity contribution < 1.29 is 4.79 Å². The number of Topliss-reactive ketones (excluding diaryl/α,β-unsaturated/α-hetero) is 1. The van der Waals surface area contributed by atoms with Crippen LogP contribution in [0.4, 0.5) is 0 Å². The number of fused-ring (bicyclic) bond motifs is 2. The number of carbonyl (C=O) groups is 1. The van der Waals surface area contributed by atoms with Gasteiger partial charge in [-0.2, -0.15) is 0 Å². The quantitative estimate of drug-likeness (QED) is 0.658. The number of hydrogen-bond donors (Lipinski definition) is 0. The fourth-order valence-corrected chi connectivity index (χ4v) is 3.97. The molecule has 0 fully saturated rings. The summed E-state index contributed by atoms with van der Waals surface area (Å²) in [5.41, 5.74) is 3.06. The highest BCUT2D eigenvalue weighted by Crippen LogP contribution is 2.36. The van der Waals surface area contributed by atoms with E-state index >= 15 is 0 Å². The number of ketones is 1. The van der Waals surface area contributed by atoms with Crippen LogP contribution in [0.3, 0.4) is 0 Å². The number of pyridine rings is 1. The van der Waals surface area contributed by atoms with E-state index < -0.39 is 0 Å². The lowest BCUT2D eigenvalue weighted by atomic mass is 9.95. The van der Waals surface area contributed by atoms with E-state index in [1.54, 1.807) is 17.5 Å². The second-order valence-electron chi connectivity index (χ2n) is 5.15. The molecule has 2 aromatic heterocycles. The van der Waals surface area contributed by atoms with E-state index in [1.807, 2.05) is 29.6 Å². The largest absolute Gasteiger partial charge is 0.293 e. The highest BCUT2D eigenvalue weighted by Gasteiger charge is 2.31. The van der Waals surface area contributed by atoms with Gasteiger partial charge in [-0.15, -0.1) is 11.3 Å². The Hall–Kier alpha value is -2.00. The van der Waals surface area contributed by atoms with Crippen LogP contribution in [-0.2, 0) is 6.42 Å². The SMILES string of the molecule is O=C(c1csc2ccccc12)C1CCc2cccnc21. The topological polar surface area (TPSA) is 30.0 Å². The van der Waals surface area contributed by atoms with Crippen LogP contribution in [0.5, 0.6) is 0 Å². The average molecular weight is 279 g/mol. The lowest BCUT2D eigenvalue weighted by Crippen LogP contribution is -2.10. The molecule has 2 nitrogen and oxygen atoms in total. The summed E-state index contributed by atoms with van der Waals surface area (Å²) in [6.45, 7) is 0. The van der Waals surface area contributed by atoms with Crippen LogP contribution in [-0.4, -0.2) is 10.8 Å². The molecule has 3 heteroatoms. The molecule has 0 aliphatic heterocycles. The number of rotatable bonds is 2. The van der Waals surface area contributed by atoms with Gasteiger partial charge in [-0.05, 0) is 30.5 Å². The first-order valence-electron chi connectivity index (χ1n) is 6.79. The maximum Gasteiger partial charge on any atom is 0.173 e. The fraction of sp³-hybridized carbons (Fsp3) is 0.176. The second-order valence-corrected chi connectivity index (χ2v) is 6.06. The van der Waals surface area contributed by atoms with Crippen LogP contribution >= 0.6 is 11.3 Å². The summed E-state index contributed by atoms with van der Waals surface area (Å²) in [5.74, 6) is 0.157. The molecule has 1 aliphatic rings. The smallest absolute Gasteiger partial charge is 0.173 e. The van der Waals surface area contributed by atoms with Gasteiger partial charge in [0, 0.05) is 27.2 Å². The molecular formula is C17H13NOS. The van der Waals surface area contributed by atoms with Gasteiger partial charge in [0.05, 0.1) is 11.6 Å². The standard InChI is InChI=1S/C17H13NOS/c19-17(13-8-7-11-4-3-9-18-16(11)13)14-10-20-15-6-2-1-5-12(14)15/h1-6,9-10,13H,7-8H2. The van der Waals surface area contributed by atoms with E-state index in [0.29, 0.717) is 0 Å². The maximum atomic E-state index is 12.9. The summed E-state index contributed by atoms with van der Waals surface area (Å²) >= 11 is 1.64. The van der Waals surface area contributed by atoms with Gasteiger partial charge in [-0.25, -0.2) is 0 Å². The van der Waals surface area contributed by atoms with Crippen molar-refractivity contribution in [2.75, 3.05) is 0 Å². The Morgan fingerprint density at radius 1 is 1.20 bits per heavy atom. The Balaban J connectivity index is 1.79. The molecule has 2 heterocycles. The van der Waals surface area contributed by atoms with Crippen LogP contribution in [0.15, 0.2) is 48.0 Å². The minimum atomic E-state index is -0.0655. The number of carbonyl (C=O) groups excluding carboxylic acids is 1. The molecule has 1 unspecified atom stereocenters. The average Bonchev–Trinajstić information content (AvgIpc) is 3.11. The van der Waals surface area contributed by atoms with Gasteiger partial charge in [0.15, 0.2) is 5.78 Å². The molecule has 4 rings (SSSR count). The molecule has 0 amide bonds. The zero-order valence-electron chi connectivity index (χ0n) is 10.9. The van der Waals surface area contributed by atoms with Crippen molar-refractivity contribution in [1.29, 1.82) is 0 Å². The Morgan fingerprint density at radius 3 is 3.05 bits per heavy atom. The van der Waals surface area contributed by atoms with Crippen molar-refractivity contribution in [3.63, 3.8) is 0 Å². The van der Waals surface area contributed by atoms with E-state index in [-0.39, 0.29) is 11.7 Å². The van der Waals surface area contributed by atoms with E-state index in [4.69, 9.17) is 0 Å². The predicted octanol–water partition coefficient (Wildman–Crippen LogP) is 4.21. The summed E-state index contributed by atoms with van der Waals surface area (Å²) in [5, 5.41) is 3.07. The van der Waals surface area contributed by atoms with Gasteiger partial charge in [0.1, 0.15) is 0 Å². The van der Waals surface area contributed by atoms with Gasteiger partial charge in [-0.1, -0.05) is 24.3 Å². The zero-order chi connectivity index (χ0) is 13.5. The third-order valence-electron chi connectivity index (χ3n) is 4.02. The van der Waals surface area contributed by atoms with E-state index in [1.165, 1.54) is 10.3 Å². The molecule has 20 heavy (non-hydrogen) atoms. The minimum absolute atomic E-state index is 0.0655. The van der Waals surface area contributed by atoms with Crippen LogP contribution in [0.25, 0.3) is 10.1 Å². The summed E-state index contributed by atoms with van der Waals surface area (Å²) < 4.78 is 1.18. The number of hydrogen-bond acceptors (Lipinski definition) is 3.